The van der Waals surface area contributed by atoms with Crippen molar-refractivity contribution in [1.82, 2.24) is 20.2 Å². The van der Waals surface area contributed by atoms with E-state index in [1.807, 2.05) is 54.5 Å². The minimum absolute atomic E-state index is 0. The Morgan fingerprint density at radius 3 is 2.52 bits per heavy atom. The van der Waals surface area contributed by atoms with E-state index in [1.54, 1.807) is 21.3 Å². The maximum absolute atomic E-state index is 5.38. The molecule has 1 heterocycles. The Bertz CT molecular complexity index is 975. The zero-order chi connectivity index (χ0) is 21.3. The Balaban J connectivity index is 0.00000341. The van der Waals surface area contributed by atoms with Gasteiger partial charge < -0.3 is 24.7 Å². The average Bonchev–Trinajstić information content (AvgIpc) is 3.25. The molecule has 0 aliphatic heterocycles. The van der Waals surface area contributed by atoms with Gasteiger partial charge in [0.05, 0.1) is 32.7 Å². The molecule has 0 atom stereocenters. The van der Waals surface area contributed by atoms with Gasteiger partial charge in [-0.2, -0.15) is 0 Å². The molecule has 3 aromatic rings. The fourth-order valence-corrected chi connectivity index (χ4v) is 3.25. The fraction of sp³-hybridized carbons (Fsp3) is 0.304. The van der Waals surface area contributed by atoms with Crippen LogP contribution in [0, 0.1) is 0 Å². The second-order valence-corrected chi connectivity index (χ2v) is 6.88. The number of imidazole rings is 1. The van der Waals surface area contributed by atoms with Crippen molar-refractivity contribution in [2.24, 2.45) is 4.99 Å². The Morgan fingerprint density at radius 1 is 1.10 bits per heavy atom. The van der Waals surface area contributed by atoms with Crippen molar-refractivity contribution >= 4 is 29.9 Å². The third-order valence-electron chi connectivity index (χ3n) is 4.82. The van der Waals surface area contributed by atoms with Gasteiger partial charge in [-0.3, -0.25) is 4.99 Å². The molecule has 8 heteroatoms. The molecule has 0 saturated carbocycles. The van der Waals surface area contributed by atoms with Crippen LogP contribution in [0.25, 0.3) is 11.3 Å². The molecule has 31 heavy (non-hydrogen) atoms. The van der Waals surface area contributed by atoms with Crippen LogP contribution in [0.1, 0.15) is 11.4 Å². The van der Waals surface area contributed by atoms with E-state index in [0.29, 0.717) is 6.54 Å². The molecule has 1 aromatic heterocycles. The van der Waals surface area contributed by atoms with Crippen LogP contribution in [-0.4, -0.2) is 55.7 Å². The molecule has 0 bridgehead atoms. The van der Waals surface area contributed by atoms with Crippen molar-refractivity contribution in [3.05, 3.63) is 66.1 Å². The summed E-state index contributed by atoms with van der Waals surface area (Å²) in [4.78, 5) is 14.3. The quantitative estimate of drug-likeness (QED) is 0.260. The fourth-order valence-electron chi connectivity index (χ4n) is 3.25. The second kappa shape index (κ2) is 12.2. The number of nitrogens with zero attached hydrogens (tertiary/aromatic N) is 3. The lowest BCUT2D eigenvalue weighted by atomic mass is 10.1. The number of aliphatic imine (C=N–C) groups is 1. The maximum atomic E-state index is 5.38. The second-order valence-electron chi connectivity index (χ2n) is 6.88. The Labute approximate surface area is 200 Å². The van der Waals surface area contributed by atoms with Gasteiger partial charge in [0.25, 0.3) is 0 Å². The van der Waals surface area contributed by atoms with E-state index in [-0.39, 0.29) is 24.0 Å². The van der Waals surface area contributed by atoms with Crippen LogP contribution in [0.2, 0.25) is 0 Å². The number of guanidine groups is 1. The zero-order valence-corrected chi connectivity index (χ0v) is 20.7. The molecule has 166 valence electrons. The summed E-state index contributed by atoms with van der Waals surface area (Å²) in [7, 11) is 7.07. The Kier molecular flexibility index (Phi) is 9.64. The van der Waals surface area contributed by atoms with Gasteiger partial charge in [0.1, 0.15) is 5.82 Å². The predicted octanol–water partition coefficient (Wildman–Crippen LogP) is 3.96. The molecule has 0 spiro atoms. The summed E-state index contributed by atoms with van der Waals surface area (Å²) in [6.07, 6.45) is 2.71. The molecule has 2 aromatic carbocycles. The highest BCUT2D eigenvalue weighted by atomic mass is 127. The number of hydrogen-bond donors (Lipinski definition) is 2. The van der Waals surface area contributed by atoms with Gasteiger partial charge >= 0.3 is 0 Å². The minimum Gasteiger partial charge on any atom is -0.493 e. The molecule has 0 amide bonds. The number of hydrogen-bond acceptors (Lipinski definition) is 4. The highest BCUT2D eigenvalue weighted by Gasteiger charge is 2.10. The molecule has 0 fully saturated rings. The normalized spacial score (nSPS) is 10.9. The van der Waals surface area contributed by atoms with Crippen LogP contribution in [-0.2, 0) is 13.0 Å². The molecule has 0 saturated heterocycles. The summed E-state index contributed by atoms with van der Waals surface area (Å²) >= 11 is 0. The number of aromatic amines is 1. The lowest BCUT2D eigenvalue weighted by molar-refractivity contribution is 0.354. The van der Waals surface area contributed by atoms with Gasteiger partial charge in [0, 0.05) is 20.6 Å². The van der Waals surface area contributed by atoms with Gasteiger partial charge in [-0.05, 0) is 29.7 Å². The summed E-state index contributed by atoms with van der Waals surface area (Å²) in [6, 6.07) is 16.1. The number of aromatic nitrogens is 2. The third-order valence-corrected chi connectivity index (χ3v) is 4.82. The SMILES string of the molecule is CN=C(NCCc1ccc(OC)c(OC)c1)N(C)Cc1ncc(-c2ccccc2)[nH]1.I. The number of benzene rings is 2. The summed E-state index contributed by atoms with van der Waals surface area (Å²) < 4.78 is 10.7. The van der Waals surface area contributed by atoms with Gasteiger partial charge in [0.2, 0.25) is 0 Å². The van der Waals surface area contributed by atoms with Crippen molar-refractivity contribution < 1.29 is 9.47 Å². The molecule has 0 radical (unpaired) electrons. The van der Waals surface area contributed by atoms with E-state index in [1.165, 1.54) is 0 Å². The van der Waals surface area contributed by atoms with Crippen molar-refractivity contribution in [3.63, 3.8) is 0 Å². The largest absolute Gasteiger partial charge is 0.493 e. The number of methoxy groups -OCH3 is 2. The third kappa shape index (κ3) is 6.61. The summed E-state index contributed by atoms with van der Waals surface area (Å²) in [5, 5.41) is 3.40. The van der Waals surface area contributed by atoms with Gasteiger partial charge in [-0.25, -0.2) is 4.98 Å². The molecule has 3 rings (SSSR count). The number of H-pyrrole nitrogens is 1. The number of ether oxygens (including phenoxy) is 2. The van der Waals surface area contributed by atoms with Crippen LogP contribution in [0.5, 0.6) is 11.5 Å². The van der Waals surface area contributed by atoms with Crippen molar-refractivity contribution in [2.45, 2.75) is 13.0 Å². The summed E-state index contributed by atoms with van der Waals surface area (Å²) in [5.74, 6) is 3.17. The number of rotatable bonds is 8. The maximum Gasteiger partial charge on any atom is 0.193 e. The van der Waals surface area contributed by atoms with Gasteiger partial charge in [0.15, 0.2) is 17.5 Å². The first-order valence-electron chi connectivity index (χ1n) is 9.86. The van der Waals surface area contributed by atoms with E-state index in [9.17, 15) is 0 Å². The monoisotopic (exact) mass is 535 g/mol. The average molecular weight is 535 g/mol. The van der Waals surface area contributed by atoms with E-state index >= 15 is 0 Å². The van der Waals surface area contributed by atoms with Gasteiger partial charge in [-0.1, -0.05) is 36.4 Å². The van der Waals surface area contributed by atoms with Crippen molar-refractivity contribution in [2.75, 3.05) is 34.9 Å². The lowest BCUT2D eigenvalue weighted by Gasteiger charge is -2.21. The predicted molar refractivity (Wildman–Crippen MR) is 136 cm³/mol. The van der Waals surface area contributed by atoms with Gasteiger partial charge in [-0.15, -0.1) is 24.0 Å². The van der Waals surface area contributed by atoms with Crippen LogP contribution in [0.4, 0.5) is 0 Å². The van der Waals surface area contributed by atoms with Crippen molar-refractivity contribution in [3.8, 4) is 22.8 Å². The molecule has 7 nitrogen and oxygen atoms in total. The standard InChI is InChI=1S/C23H29N5O2.HI/c1-24-23(25-13-12-17-10-11-20(29-3)21(14-17)30-4)28(2)16-22-26-15-19(27-22)18-8-6-5-7-9-18;/h5-11,14-15H,12-13,16H2,1-4H3,(H,24,25)(H,26,27);1H. The molecule has 0 aliphatic rings. The van der Waals surface area contributed by atoms with E-state index in [4.69, 9.17) is 9.47 Å². The van der Waals surface area contributed by atoms with Crippen LogP contribution in [0.3, 0.4) is 0 Å². The first-order valence-corrected chi connectivity index (χ1v) is 9.86. The molecular formula is C23H30IN5O2. The van der Waals surface area contributed by atoms with Crippen LogP contribution < -0.4 is 14.8 Å². The first-order chi connectivity index (χ1) is 14.6. The molecule has 0 unspecified atom stereocenters. The topological polar surface area (TPSA) is 74.8 Å². The Morgan fingerprint density at radius 2 is 1.84 bits per heavy atom. The van der Waals surface area contributed by atoms with E-state index in [0.717, 1.165) is 53.1 Å². The van der Waals surface area contributed by atoms with Crippen LogP contribution >= 0.6 is 24.0 Å². The zero-order valence-electron chi connectivity index (χ0n) is 18.4. The smallest absolute Gasteiger partial charge is 0.193 e. The Hall–Kier alpha value is -2.75. The van der Waals surface area contributed by atoms with Crippen LogP contribution in [0.15, 0.2) is 59.7 Å². The minimum atomic E-state index is 0. The van der Waals surface area contributed by atoms with E-state index in [2.05, 4.69) is 32.4 Å². The molecule has 0 aliphatic carbocycles. The highest BCUT2D eigenvalue weighted by molar-refractivity contribution is 14.0. The first kappa shape index (κ1) is 24.5. The summed E-state index contributed by atoms with van der Waals surface area (Å²) in [5.41, 5.74) is 3.29. The van der Waals surface area contributed by atoms with Crippen molar-refractivity contribution in [1.29, 1.82) is 0 Å². The number of nitrogens with one attached hydrogen (secondary N) is 2. The molecule has 2 N–H and O–H groups in total. The molecular weight excluding hydrogens is 505 g/mol. The highest BCUT2D eigenvalue weighted by Crippen LogP contribution is 2.27. The van der Waals surface area contributed by atoms with E-state index < -0.39 is 0 Å². The number of halogens is 1. The lowest BCUT2D eigenvalue weighted by Crippen LogP contribution is -2.39. The summed E-state index contributed by atoms with van der Waals surface area (Å²) in [6.45, 7) is 1.38.